The van der Waals surface area contributed by atoms with Gasteiger partial charge in [-0.2, -0.15) is 0 Å². The lowest BCUT2D eigenvalue weighted by molar-refractivity contribution is -0.118. The van der Waals surface area contributed by atoms with Crippen molar-refractivity contribution >= 4 is 17.7 Å². The van der Waals surface area contributed by atoms with Crippen LogP contribution < -0.4 is 14.8 Å². The number of amides is 1. The van der Waals surface area contributed by atoms with Gasteiger partial charge in [-0.3, -0.25) is 4.79 Å². The molecule has 4 heteroatoms. The van der Waals surface area contributed by atoms with Gasteiger partial charge in [0.05, 0.1) is 25.8 Å². The minimum Gasteiger partial charge on any atom is -0.493 e. The van der Waals surface area contributed by atoms with E-state index in [9.17, 15) is 4.79 Å². The zero-order valence-electron chi connectivity index (χ0n) is 11.1. The Labute approximate surface area is 112 Å². The van der Waals surface area contributed by atoms with Gasteiger partial charge in [0.15, 0.2) is 11.5 Å². The third kappa shape index (κ3) is 2.62. The molecule has 0 fully saturated rings. The molecule has 1 aromatic rings. The predicted molar refractivity (Wildman–Crippen MR) is 75.5 cm³/mol. The number of hydrogen-bond acceptors (Lipinski definition) is 3. The van der Waals surface area contributed by atoms with E-state index in [0.29, 0.717) is 17.9 Å². The zero-order chi connectivity index (χ0) is 13.8. The van der Waals surface area contributed by atoms with Gasteiger partial charge in [-0.25, -0.2) is 0 Å². The molecule has 4 nitrogen and oxygen atoms in total. The van der Waals surface area contributed by atoms with Crippen molar-refractivity contribution in [1.29, 1.82) is 0 Å². The van der Waals surface area contributed by atoms with Gasteiger partial charge in [-0.1, -0.05) is 18.2 Å². The average molecular weight is 259 g/mol. The van der Waals surface area contributed by atoms with Crippen molar-refractivity contribution in [2.45, 2.75) is 6.42 Å². The summed E-state index contributed by atoms with van der Waals surface area (Å²) < 4.78 is 10.5. The van der Waals surface area contributed by atoms with Crippen molar-refractivity contribution in [2.75, 3.05) is 19.5 Å². The second kappa shape index (κ2) is 5.61. The number of carbonyl (C=O) groups excluding carboxylic acids is 1. The Kier molecular flexibility index (Phi) is 3.90. The van der Waals surface area contributed by atoms with Crippen LogP contribution in [-0.2, 0) is 4.79 Å². The number of rotatable bonds is 4. The van der Waals surface area contributed by atoms with Crippen LogP contribution >= 0.6 is 0 Å². The third-order valence-electron chi connectivity index (χ3n) is 3.08. The number of fused-ring (bicyclic) bond motifs is 1. The van der Waals surface area contributed by atoms with Crippen molar-refractivity contribution in [2.24, 2.45) is 5.92 Å². The van der Waals surface area contributed by atoms with Crippen LogP contribution in [0.15, 0.2) is 30.9 Å². The van der Waals surface area contributed by atoms with Crippen LogP contribution in [0.25, 0.3) is 6.08 Å². The molecule has 0 bridgehead atoms. The number of benzene rings is 1. The SMILES string of the molecule is C=CCC1C=Cc2cc(OC)c(OC)cc2NC1=O. The van der Waals surface area contributed by atoms with E-state index in [1.165, 1.54) is 0 Å². The quantitative estimate of drug-likeness (QED) is 0.846. The smallest absolute Gasteiger partial charge is 0.231 e. The van der Waals surface area contributed by atoms with Gasteiger partial charge in [0.25, 0.3) is 0 Å². The average Bonchev–Trinajstić information content (AvgIpc) is 2.57. The number of anilines is 1. The Balaban J connectivity index is 2.42. The van der Waals surface area contributed by atoms with Crippen molar-refractivity contribution in [1.82, 2.24) is 0 Å². The topological polar surface area (TPSA) is 47.6 Å². The van der Waals surface area contributed by atoms with E-state index in [-0.39, 0.29) is 11.8 Å². The summed E-state index contributed by atoms with van der Waals surface area (Å²) in [6, 6.07) is 3.62. The minimum atomic E-state index is -0.193. The lowest BCUT2D eigenvalue weighted by Crippen LogP contribution is -2.19. The molecule has 1 aliphatic heterocycles. The van der Waals surface area contributed by atoms with Crippen molar-refractivity contribution < 1.29 is 14.3 Å². The maximum atomic E-state index is 12.0. The number of carbonyl (C=O) groups is 1. The number of methoxy groups -OCH3 is 2. The number of hydrogen-bond donors (Lipinski definition) is 1. The van der Waals surface area contributed by atoms with Crippen molar-refractivity contribution in [3.8, 4) is 11.5 Å². The van der Waals surface area contributed by atoms with E-state index in [0.717, 1.165) is 11.3 Å². The molecular weight excluding hydrogens is 242 g/mol. The van der Waals surface area contributed by atoms with Gasteiger partial charge in [0, 0.05) is 11.6 Å². The normalized spacial score (nSPS) is 17.2. The van der Waals surface area contributed by atoms with E-state index >= 15 is 0 Å². The molecule has 2 rings (SSSR count). The Morgan fingerprint density at radius 2 is 2.00 bits per heavy atom. The molecule has 1 unspecified atom stereocenters. The lowest BCUT2D eigenvalue weighted by atomic mass is 10.0. The Bertz CT molecular complexity index is 534. The third-order valence-corrected chi connectivity index (χ3v) is 3.08. The summed E-state index contributed by atoms with van der Waals surface area (Å²) in [6.07, 6.45) is 6.16. The number of ether oxygens (including phenoxy) is 2. The molecule has 0 aromatic heterocycles. The Hall–Kier alpha value is -2.23. The molecule has 0 radical (unpaired) electrons. The summed E-state index contributed by atoms with van der Waals surface area (Å²) in [5, 5.41) is 2.90. The van der Waals surface area contributed by atoms with Gasteiger partial charge >= 0.3 is 0 Å². The Morgan fingerprint density at radius 1 is 1.32 bits per heavy atom. The van der Waals surface area contributed by atoms with Gasteiger partial charge in [0.2, 0.25) is 5.91 Å². The molecule has 19 heavy (non-hydrogen) atoms. The highest BCUT2D eigenvalue weighted by molar-refractivity contribution is 5.98. The second-order valence-corrected chi connectivity index (χ2v) is 4.27. The molecule has 1 heterocycles. The molecule has 1 N–H and O–H groups in total. The van der Waals surface area contributed by atoms with Gasteiger partial charge in [-0.05, 0) is 12.5 Å². The summed E-state index contributed by atoms with van der Waals surface area (Å²) in [6.45, 7) is 3.67. The molecular formula is C15H17NO3. The first-order valence-electron chi connectivity index (χ1n) is 6.05. The predicted octanol–water partition coefficient (Wildman–Crippen LogP) is 2.86. The molecule has 1 aliphatic rings. The first kappa shape index (κ1) is 13.2. The maximum Gasteiger partial charge on any atom is 0.231 e. The molecule has 1 aromatic carbocycles. The molecule has 0 spiro atoms. The van der Waals surface area contributed by atoms with Gasteiger partial charge < -0.3 is 14.8 Å². The highest BCUT2D eigenvalue weighted by atomic mass is 16.5. The minimum absolute atomic E-state index is 0.0397. The van der Waals surface area contributed by atoms with Gasteiger partial charge in [0.1, 0.15) is 0 Å². The first-order chi connectivity index (χ1) is 9.19. The highest BCUT2D eigenvalue weighted by Crippen LogP contribution is 2.35. The maximum absolute atomic E-state index is 12.0. The largest absolute Gasteiger partial charge is 0.493 e. The standard InChI is InChI=1S/C15H17NO3/c1-4-5-10-6-7-11-8-13(18-2)14(19-3)9-12(11)16-15(10)17/h4,6-10H,1,5H2,2-3H3,(H,16,17). The monoisotopic (exact) mass is 259 g/mol. The highest BCUT2D eigenvalue weighted by Gasteiger charge is 2.20. The molecule has 1 atom stereocenters. The number of allylic oxidation sites excluding steroid dienone is 1. The fourth-order valence-electron chi connectivity index (χ4n) is 2.04. The van der Waals surface area contributed by atoms with Crippen LogP contribution in [0.2, 0.25) is 0 Å². The summed E-state index contributed by atoms with van der Waals surface area (Å²) in [5.41, 5.74) is 1.63. The van der Waals surface area contributed by atoms with E-state index in [4.69, 9.17) is 9.47 Å². The van der Waals surface area contributed by atoms with E-state index in [2.05, 4.69) is 11.9 Å². The molecule has 0 aliphatic carbocycles. The van der Waals surface area contributed by atoms with Crippen LogP contribution in [0.3, 0.4) is 0 Å². The van der Waals surface area contributed by atoms with Gasteiger partial charge in [-0.15, -0.1) is 6.58 Å². The first-order valence-corrected chi connectivity index (χ1v) is 6.05. The summed E-state index contributed by atoms with van der Waals surface area (Å²) in [7, 11) is 3.16. The number of nitrogens with one attached hydrogen (secondary N) is 1. The van der Waals surface area contributed by atoms with Crippen LogP contribution in [0.1, 0.15) is 12.0 Å². The fraction of sp³-hybridized carbons (Fsp3) is 0.267. The fourth-order valence-corrected chi connectivity index (χ4v) is 2.04. The van der Waals surface area contributed by atoms with E-state index in [1.807, 2.05) is 18.2 Å². The van der Waals surface area contributed by atoms with Crippen molar-refractivity contribution in [3.63, 3.8) is 0 Å². The summed E-state index contributed by atoms with van der Waals surface area (Å²) in [5.74, 6) is 1.00. The molecule has 100 valence electrons. The van der Waals surface area contributed by atoms with Crippen LogP contribution in [-0.4, -0.2) is 20.1 Å². The lowest BCUT2D eigenvalue weighted by Gasteiger charge is -2.13. The summed E-state index contributed by atoms with van der Waals surface area (Å²) >= 11 is 0. The van der Waals surface area contributed by atoms with Crippen LogP contribution in [0.4, 0.5) is 5.69 Å². The Morgan fingerprint density at radius 3 is 2.63 bits per heavy atom. The molecule has 0 saturated carbocycles. The zero-order valence-corrected chi connectivity index (χ0v) is 11.1. The van der Waals surface area contributed by atoms with Crippen molar-refractivity contribution in [3.05, 3.63) is 36.4 Å². The summed E-state index contributed by atoms with van der Waals surface area (Å²) in [4.78, 5) is 12.0. The van der Waals surface area contributed by atoms with E-state index in [1.54, 1.807) is 26.4 Å². The molecule has 0 saturated heterocycles. The molecule has 1 amide bonds. The van der Waals surface area contributed by atoms with Crippen LogP contribution in [0, 0.1) is 5.92 Å². The van der Waals surface area contributed by atoms with E-state index < -0.39 is 0 Å². The van der Waals surface area contributed by atoms with Crippen LogP contribution in [0.5, 0.6) is 11.5 Å². The second-order valence-electron chi connectivity index (χ2n) is 4.27.